The number of nitrogens with one attached hydrogen (secondary N) is 1. The van der Waals surface area contributed by atoms with Crippen LogP contribution in [-0.4, -0.2) is 11.2 Å². The second kappa shape index (κ2) is 6.82. The van der Waals surface area contributed by atoms with E-state index < -0.39 is 5.25 Å². The Morgan fingerprint density at radius 1 is 1.25 bits per heavy atom. The summed E-state index contributed by atoms with van der Waals surface area (Å²) >= 11 is 10.4. The molecule has 2 aromatic carbocycles. The predicted molar refractivity (Wildman–Crippen MR) is 87.7 cm³/mol. The number of anilines is 1. The monoisotopic (exact) mass is 305 g/mol. The number of aryl methyl sites for hydroxylation is 1. The first-order valence-electron chi connectivity index (χ1n) is 6.35. The normalized spacial score (nSPS) is 11.9. The lowest BCUT2D eigenvalue weighted by atomic mass is 10.1. The number of rotatable bonds is 4. The molecule has 1 unspecified atom stereocenters. The van der Waals surface area contributed by atoms with Gasteiger partial charge in [0.1, 0.15) is 0 Å². The van der Waals surface area contributed by atoms with Gasteiger partial charge < -0.3 is 5.32 Å². The minimum absolute atomic E-state index is 0.128. The van der Waals surface area contributed by atoms with E-state index in [1.165, 1.54) is 0 Å². The van der Waals surface area contributed by atoms with Gasteiger partial charge in [0.2, 0.25) is 5.91 Å². The molecule has 20 heavy (non-hydrogen) atoms. The van der Waals surface area contributed by atoms with Gasteiger partial charge in [0.25, 0.3) is 0 Å². The van der Waals surface area contributed by atoms with Crippen molar-refractivity contribution in [2.45, 2.75) is 18.6 Å². The van der Waals surface area contributed by atoms with Gasteiger partial charge in [-0.1, -0.05) is 48.0 Å². The summed E-state index contributed by atoms with van der Waals surface area (Å²) in [5.74, 6) is -0.128. The highest BCUT2D eigenvalue weighted by Gasteiger charge is 2.14. The molecule has 0 spiro atoms. The quantitative estimate of drug-likeness (QED) is 0.817. The van der Waals surface area contributed by atoms with Crippen LogP contribution in [0.25, 0.3) is 0 Å². The zero-order valence-electron chi connectivity index (χ0n) is 11.1. The minimum atomic E-state index is -0.391. The second-order valence-corrected chi connectivity index (χ2v) is 5.69. The van der Waals surface area contributed by atoms with E-state index in [1.54, 1.807) is 6.07 Å². The van der Waals surface area contributed by atoms with Gasteiger partial charge in [-0.3, -0.25) is 4.79 Å². The van der Waals surface area contributed by atoms with Gasteiger partial charge >= 0.3 is 0 Å². The van der Waals surface area contributed by atoms with Crippen molar-refractivity contribution in [3.8, 4) is 0 Å². The van der Waals surface area contributed by atoms with Gasteiger partial charge in [0.05, 0.1) is 5.25 Å². The third-order valence-electron chi connectivity index (χ3n) is 3.01. The maximum Gasteiger partial charge on any atom is 0.237 e. The Bertz CT molecular complexity index is 601. The molecule has 0 aliphatic heterocycles. The van der Waals surface area contributed by atoms with Crippen LogP contribution < -0.4 is 5.32 Å². The van der Waals surface area contributed by atoms with Crippen molar-refractivity contribution >= 4 is 35.8 Å². The fourth-order valence-electron chi connectivity index (χ4n) is 1.83. The molecule has 0 saturated carbocycles. The first kappa shape index (κ1) is 14.9. The number of carbonyl (C=O) groups is 1. The molecular weight excluding hydrogens is 290 g/mol. The first-order chi connectivity index (χ1) is 9.56. The second-order valence-electron chi connectivity index (χ2n) is 4.66. The van der Waals surface area contributed by atoms with Crippen LogP contribution in [0.15, 0.2) is 48.5 Å². The SMILES string of the molecule is Cc1ccc(NC(=O)C(S)Cc2ccccc2)cc1Cl. The summed E-state index contributed by atoms with van der Waals surface area (Å²) in [6.45, 7) is 1.92. The Kier molecular flexibility index (Phi) is 5.10. The number of amides is 1. The number of hydrogen-bond acceptors (Lipinski definition) is 2. The molecule has 0 fully saturated rings. The number of thiol groups is 1. The Hall–Kier alpha value is -1.45. The van der Waals surface area contributed by atoms with Crippen LogP contribution in [0.5, 0.6) is 0 Å². The van der Waals surface area contributed by atoms with E-state index in [4.69, 9.17) is 11.6 Å². The van der Waals surface area contributed by atoms with Crippen molar-refractivity contribution in [1.82, 2.24) is 0 Å². The van der Waals surface area contributed by atoms with E-state index in [1.807, 2.05) is 49.4 Å². The molecule has 0 heterocycles. The number of carbonyl (C=O) groups excluding carboxylic acids is 1. The van der Waals surface area contributed by atoms with Crippen molar-refractivity contribution in [3.63, 3.8) is 0 Å². The maximum absolute atomic E-state index is 12.1. The van der Waals surface area contributed by atoms with Gasteiger partial charge in [-0.25, -0.2) is 0 Å². The molecular formula is C16H16ClNOS. The highest BCUT2D eigenvalue weighted by molar-refractivity contribution is 7.81. The topological polar surface area (TPSA) is 29.1 Å². The molecule has 2 nitrogen and oxygen atoms in total. The largest absolute Gasteiger partial charge is 0.325 e. The molecule has 2 aromatic rings. The van der Waals surface area contributed by atoms with E-state index in [-0.39, 0.29) is 5.91 Å². The lowest BCUT2D eigenvalue weighted by Gasteiger charge is -2.12. The molecule has 4 heteroatoms. The summed E-state index contributed by atoms with van der Waals surface area (Å²) in [6.07, 6.45) is 0.593. The maximum atomic E-state index is 12.1. The standard InChI is InChI=1S/C16H16ClNOS/c1-11-7-8-13(10-14(11)17)18-16(19)15(20)9-12-5-3-2-4-6-12/h2-8,10,15,20H,9H2,1H3,(H,18,19). The summed E-state index contributed by atoms with van der Waals surface area (Å²) in [4.78, 5) is 12.1. The van der Waals surface area contributed by atoms with Crippen molar-refractivity contribution in [2.75, 3.05) is 5.32 Å². The average Bonchev–Trinajstić information content (AvgIpc) is 2.44. The van der Waals surface area contributed by atoms with Crippen molar-refractivity contribution in [3.05, 3.63) is 64.7 Å². The van der Waals surface area contributed by atoms with Gasteiger partial charge in [0.15, 0.2) is 0 Å². The van der Waals surface area contributed by atoms with Crippen LogP contribution in [0.4, 0.5) is 5.69 Å². The molecule has 2 rings (SSSR count). The van der Waals surface area contributed by atoms with E-state index in [9.17, 15) is 4.79 Å². The van der Waals surface area contributed by atoms with E-state index >= 15 is 0 Å². The number of benzene rings is 2. The van der Waals surface area contributed by atoms with E-state index in [0.29, 0.717) is 17.1 Å². The van der Waals surface area contributed by atoms with Gasteiger partial charge in [-0.05, 0) is 36.6 Å². The third-order valence-corrected chi connectivity index (χ3v) is 3.84. The van der Waals surface area contributed by atoms with Crippen LogP contribution >= 0.6 is 24.2 Å². The summed E-state index contributed by atoms with van der Waals surface area (Å²) in [7, 11) is 0. The molecule has 1 atom stereocenters. The zero-order valence-corrected chi connectivity index (χ0v) is 12.8. The highest BCUT2D eigenvalue weighted by atomic mass is 35.5. The molecule has 0 aliphatic carbocycles. The van der Waals surface area contributed by atoms with Crippen molar-refractivity contribution in [2.24, 2.45) is 0 Å². The van der Waals surface area contributed by atoms with Crippen LogP contribution in [0, 0.1) is 6.92 Å². The fraction of sp³-hybridized carbons (Fsp3) is 0.188. The van der Waals surface area contributed by atoms with Crippen LogP contribution in [0.2, 0.25) is 5.02 Å². The Balaban J connectivity index is 1.99. The Labute approximate surface area is 129 Å². The van der Waals surface area contributed by atoms with Crippen LogP contribution in [0.3, 0.4) is 0 Å². The number of halogens is 1. The lowest BCUT2D eigenvalue weighted by Crippen LogP contribution is -2.25. The summed E-state index contributed by atoms with van der Waals surface area (Å²) in [5, 5.41) is 3.08. The smallest absolute Gasteiger partial charge is 0.237 e. The lowest BCUT2D eigenvalue weighted by molar-refractivity contribution is -0.115. The Morgan fingerprint density at radius 3 is 2.60 bits per heavy atom. The molecule has 0 bridgehead atoms. The average molecular weight is 306 g/mol. The van der Waals surface area contributed by atoms with Gasteiger partial charge in [-0.2, -0.15) is 12.6 Å². The van der Waals surface area contributed by atoms with E-state index in [2.05, 4.69) is 17.9 Å². The van der Waals surface area contributed by atoms with Crippen LogP contribution in [-0.2, 0) is 11.2 Å². The third kappa shape index (κ3) is 4.02. The summed E-state index contributed by atoms with van der Waals surface area (Å²) in [6, 6.07) is 15.3. The first-order valence-corrected chi connectivity index (χ1v) is 7.24. The predicted octanol–water partition coefficient (Wildman–Crippen LogP) is 4.13. The van der Waals surface area contributed by atoms with Gasteiger partial charge in [-0.15, -0.1) is 0 Å². The zero-order chi connectivity index (χ0) is 14.5. The highest BCUT2D eigenvalue weighted by Crippen LogP contribution is 2.20. The summed E-state index contributed by atoms with van der Waals surface area (Å²) < 4.78 is 0. The molecule has 0 radical (unpaired) electrons. The molecule has 1 amide bonds. The Morgan fingerprint density at radius 2 is 1.95 bits per heavy atom. The van der Waals surface area contributed by atoms with Crippen molar-refractivity contribution < 1.29 is 4.79 Å². The van der Waals surface area contributed by atoms with E-state index in [0.717, 1.165) is 11.1 Å². The minimum Gasteiger partial charge on any atom is -0.325 e. The fourth-order valence-corrected chi connectivity index (χ4v) is 2.28. The van der Waals surface area contributed by atoms with Crippen LogP contribution in [0.1, 0.15) is 11.1 Å². The molecule has 104 valence electrons. The van der Waals surface area contributed by atoms with Gasteiger partial charge in [0, 0.05) is 10.7 Å². The molecule has 0 aromatic heterocycles. The molecule has 0 saturated heterocycles. The molecule has 1 N–H and O–H groups in total. The number of hydrogen-bond donors (Lipinski definition) is 2. The molecule has 0 aliphatic rings. The van der Waals surface area contributed by atoms with Crippen molar-refractivity contribution in [1.29, 1.82) is 0 Å². The summed E-state index contributed by atoms with van der Waals surface area (Å²) in [5.41, 5.74) is 2.76.